The van der Waals surface area contributed by atoms with Gasteiger partial charge in [0.2, 0.25) is 0 Å². The third-order valence-electron chi connectivity index (χ3n) is 2.26. The Morgan fingerprint density at radius 3 is 2.06 bits per heavy atom. The fourth-order valence-corrected chi connectivity index (χ4v) is 1.26. The summed E-state index contributed by atoms with van der Waals surface area (Å²) in [6.07, 6.45) is -5.82. The molecule has 0 unspecified atom stereocenters. The van der Waals surface area contributed by atoms with Gasteiger partial charge in [0.05, 0.1) is 0 Å². The van der Waals surface area contributed by atoms with E-state index in [0.717, 1.165) is 12.1 Å². The molecule has 0 saturated heterocycles. The minimum Gasteiger partial charge on any atom is -0.319 e. The Kier molecular flexibility index (Phi) is 3.42. The van der Waals surface area contributed by atoms with E-state index >= 15 is 0 Å². The predicted molar refractivity (Wildman–Crippen MR) is 49.1 cm³/mol. The Morgan fingerprint density at radius 2 is 1.65 bits per heavy atom. The molecule has 2 N–H and O–H groups in total. The van der Waals surface area contributed by atoms with Crippen LogP contribution in [0.4, 0.5) is 26.3 Å². The minimum absolute atomic E-state index is 0.397. The second-order valence-electron chi connectivity index (χ2n) is 3.62. The molecule has 1 rings (SSSR count). The van der Waals surface area contributed by atoms with E-state index in [2.05, 4.69) is 0 Å². The molecular weight excluding hydrogens is 248 g/mol. The maximum Gasteiger partial charge on any atom is 0.455 e. The zero-order chi connectivity index (χ0) is 13.4. The lowest BCUT2D eigenvalue weighted by atomic mass is 9.99. The van der Waals surface area contributed by atoms with Crippen LogP contribution in [0, 0.1) is 12.7 Å². The lowest BCUT2D eigenvalue weighted by Crippen LogP contribution is -2.46. The molecule has 0 amide bonds. The van der Waals surface area contributed by atoms with Gasteiger partial charge in [-0.25, -0.2) is 4.39 Å². The van der Waals surface area contributed by atoms with Gasteiger partial charge in [0.25, 0.3) is 0 Å². The summed E-state index contributed by atoms with van der Waals surface area (Å²) in [5, 5.41) is 0. The van der Waals surface area contributed by atoms with E-state index in [1.165, 1.54) is 13.0 Å². The number of nitrogens with two attached hydrogens (primary N) is 1. The van der Waals surface area contributed by atoms with E-state index in [1.807, 2.05) is 0 Å². The molecule has 0 spiro atoms. The van der Waals surface area contributed by atoms with Gasteiger partial charge in [-0.1, -0.05) is 12.1 Å². The number of rotatable bonds is 2. The third kappa shape index (κ3) is 2.54. The van der Waals surface area contributed by atoms with Crippen molar-refractivity contribution in [3.63, 3.8) is 0 Å². The van der Waals surface area contributed by atoms with Gasteiger partial charge >= 0.3 is 12.1 Å². The number of hydrogen-bond acceptors (Lipinski definition) is 1. The fraction of sp³-hybridized carbons (Fsp3) is 0.400. The summed E-state index contributed by atoms with van der Waals surface area (Å²) in [5.74, 6) is -6.36. The van der Waals surface area contributed by atoms with Crippen LogP contribution in [0.15, 0.2) is 18.2 Å². The molecule has 7 heteroatoms. The number of alkyl halides is 5. The predicted octanol–water partition coefficient (Wildman–Crippen LogP) is 3.33. The first-order valence-electron chi connectivity index (χ1n) is 4.53. The standard InChI is InChI=1S/C10H9F6N/c1-5-2-3-6(7(11)4-5)8(17)9(12,13)10(14,15)16/h2-4,8H,17H2,1H3/t8-/m0/s1. The molecule has 1 aromatic carbocycles. The van der Waals surface area contributed by atoms with E-state index in [-0.39, 0.29) is 0 Å². The topological polar surface area (TPSA) is 26.0 Å². The van der Waals surface area contributed by atoms with Crippen molar-refractivity contribution in [2.75, 3.05) is 0 Å². The monoisotopic (exact) mass is 257 g/mol. The average molecular weight is 257 g/mol. The third-order valence-corrected chi connectivity index (χ3v) is 2.26. The second kappa shape index (κ2) is 4.21. The van der Waals surface area contributed by atoms with Crippen LogP contribution in [-0.4, -0.2) is 12.1 Å². The molecule has 0 heterocycles. The van der Waals surface area contributed by atoms with E-state index in [9.17, 15) is 26.3 Å². The van der Waals surface area contributed by atoms with Gasteiger partial charge < -0.3 is 5.73 Å². The first kappa shape index (κ1) is 13.8. The van der Waals surface area contributed by atoms with E-state index in [0.29, 0.717) is 5.56 Å². The highest BCUT2D eigenvalue weighted by Crippen LogP contribution is 2.43. The molecule has 0 aliphatic rings. The van der Waals surface area contributed by atoms with Crippen LogP contribution < -0.4 is 5.73 Å². The van der Waals surface area contributed by atoms with Gasteiger partial charge in [-0.2, -0.15) is 22.0 Å². The van der Waals surface area contributed by atoms with Crippen molar-refractivity contribution in [3.8, 4) is 0 Å². The minimum atomic E-state index is -5.82. The number of halogens is 6. The summed E-state index contributed by atoms with van der Waals surface area (Å²) < 4.78 is 75.1. The summed E-state index contributed by atoms with van der Waals surface area (Å²) in [5.41, 5.74) is 4.33. The normalized spacial score (nSPS) is 14.8. The van der Waals surface area contributed by atoms with Gasteiger partial charge in [0.15, 0.2) is 0 Å². The zero-order valence-electron chi connectivity index (χ0n) is 8.65. The lowest BCUT2D eigenvalue weighted by molar-refractivity contribution is -0.291. The van der Waals surface area contributed by atoms with E-state index in [4.69, 9.17) is 5.73 Å². The number of benzene rings is 1. The van der Waals surface area contributed by atoms with Crippen molar-refractivity contribution >= 4 is 0 Å². The summed E-state index contributed by atoms with van der Waals surface area (Å²) >= 11 is 0. The lowest BCUT2D eigenvalue weighted by Gasteiger charge is -2.26. The summed E-state index contributed by atoms with van der Waals surface area (Å²) in [6.45, 7) is 1.47. The smallest absolute Gasteiger partial charge is 0.319 e. The quantitative estimate of drug-likeness (QED) is 0.808. The van der Waals surface area contributed by atoms with E-state index in [1.54, 1.807) is 0 Å². The largest absolute Gasteiger partial charge is 0.455 e. The molecule has 0 aliphatic heterocycles. The molecule has 0 bridgehead atoms. The molecule has 0 aliphatic carbocycles. The SMILES string of the molecule is Cc1ccc([C@H](N)C(F)(F)C(F)(F)F)c(F)c1. The van der Waals surface area contributed by atoms with Crippen LogP contribution in [0.5, 0.6) is 0 Å². The highest BCUT2D eigenvalue weighted by atomic mass is 19.4. The molecule has 0 radical (unpaired) electrons. The van der Waals surface area contributed by atoms with Gasteiger partial charge in [-0.05, 0) is 18.6 Å². The highest BCUT2D eigenvalue weighted by Gasteiger charge is 2.62. The van der Waals surface area contributed by atoms with Crippen molar-refractivity contribution in [3.05, 3.63) is 35.1 Å². The van der Waals surface area contributed by atoms with Crippen LogP contribution in [0.2, 0.25) is 0 Å². The zero-order valence-corrected chi connectivity index (χ0v) is 8.65. The first-order valence-corrected chi connectivity index (χ1v) is 4.53. The van der Waals surface area contributed by atoms with Crippen LogP contribution in [0.1, 0.15) is 17.2 Å². The van der Waals surface area contributed by atoms with Crippen molar-refractivity contribution in [2.24, 2.45) is 5.73 Å². The average Bonchev–Trinajstić information content (AvgIpc) is 2.14. The summed E-state index contributed by atoms with van der Waals surface area (Å²) in [7, 11) is 0. The molecular formula is C10H9F6N. The molecule has 1 nitrogen and oxygen atoms in total. The first-order chi connectivity index (χ1) is 7.57. The van der Waals surface area contributed by atoms with Gasteiger partial charge in [0.1, 0.15) is 11.9 Å². The Bertz CT molecular complexity index is 412. The van der Waals surface area contributed by atoms with Crippen LogP contribution >= 0.6 is 0 Å². The van der Waals surface area contributed by atoms with Crippen molar-refractivity contribution in [1.29, 1.82) is 0 Å². The maximum atomic E-state index is 13.2. The summed E-state index contributed by atoms with van der Waals surface area (Å²) in [6, 6.07) is 0.129. The Labute approximate surface area is 93.2 Å². The number of aryl methyl sites for hydroxylation is 1. The molecule has 0 saturated carbocycles. The van der Waals surface area contributed by atoms with Crippen molar-refractivity contribution in [2.45, 2.75) is 25.1 Å². The molecule has 0 fully saturated rings. The van der Waals surface area contributed by atoms with Crippen LogP contribution in [0.3, 0.4) is 0 Å². The molecule has 1 atom stereocenters. The highest BCUT2D eigenvalue weighted by molar-refractivity contribution is 5.27. The Hall–Kier alpha value is -1.24. The maximum absolute atomic E-state index is 13.2. The fourth-order valence-electron chi connectivity index (χ4n) is 1.26. The van der Waals surface area contributed by atoms with Crippen LogP contribution in [0.25, 0.3) is 0 Å². The number of hydrogen-bond donors (Lipinski definition) is 1. The molecule has 17 heavy (non-hydrogen) atoms. The molecule has 0 aromatic heterocycles. The molecule has 1 aromatic rings. The van der Waals surface area contributed by atoms with E-state index < -0.39 is 29.5 Å². The Morgan fingerprint density at radius 1 is 1.12 bits per heavy atom. The van der Waals surface area contributed by atoms with Crippen LogP contribution in [-0.2, 0) is 0 Å². The second-order valence-corrected chi connectivity index (χ2v) is 3.62. The van der Waals surface area contributed by atoms with Gasteiger partial charge in [-0.15, -0.1) is 0 Å². The van der Waals surface area contributed by atoms with Crippen molar-refractivity contribution in [1.82, 2.24) is 0 Å². The van der Waals surface area contributed by atoms with Crippen molar-refractivity contribution < 1.29 is 26.3 Å². The Balaban J connectivity index is 3.17. The van der Waals surface area contributed by atoms with Gasteiger partial charge in [-0.3, -0.25) is 0 Å². The summed E-state index contributed by atoms with van der Waals surface area (Å²) in [4.78, 5) is 0. The molecule has 96 valence electrons. The van der Waals surface area contributed by atoms with Gasteiger partial charge in [0, 0.05) is 5.56 Å².